The molecule has 1 N–H and O–H groups in total. The van der Waals surface area contributed by atoms with Crippen molar-refractivity contribution in [2.24, 2.45) is 0 Å². The molecule has 0 spiro atoms. The predicted octanol–water partition coefficient (Wildman–Crippen LogP) is 4.76. The van der Waals surface area contributed by atoms with Crippen molar-refractivity contribution in [3.8, 4) is 5.75 Å². The average Bonchev–Trinajstić information content (AvgIpc) is 3.36. The van der Waals surface area contributed by atoms with Crippen LogP contribution in [0.4, 0.5) is 0 Å². The molecule has 1 unspecified atom stereocenters. The highest BCUT2D eigenvalue weighted by Gasteiger charge is 2.49. The topological polar surface area (TPSA) is 66.8 Å². The number of ketones is 1. The number of benzene rings is 2. The van der Waals surface area contributed by atoms with Crippen molar-refractivity contribution in [3.05, 3.63) is 70.8 Å². The van der Waals surface area contributed by atoms with E-state index in [4.69, 9.17) is 4.74 Å². The fourth-order valence-corrected chi connectivity index (χ4v) is 4.64. The number of aliphatic hydroxyl groups is 1. The molecule has 5 heteroatoms. The third-order valence-corrected chi connectivity index (χ3v) is 6.12. The van der Waals surface area contributed by atoms with Crippen LogP contribution >= 0.6 is 0 Å². The van der Waals surface area contributed by atoms with Crippen LogP contribution in [0.1, 0.15) is 55.3 Å². The largest absolute Gasteiger partial charge is 0.507 e. The van der Waals surface area contributed by atoms with E-state index >= 15 is 0 Å². The summed E-state index contributed by atoms with van der Waals surface area (Å²) in [5.74, 6) is -0.565. The number of hydrogen-bond donors (Lipinski definition) is 1. The first-order valence-electron chi connectivity index (χ1n) is 10.6. The van der Waals surface area contributed by atoms with Gasteiger partial charge in [-0.05, 0) is 62.1 Å². The molecule has 1 aliphatic heterocycles. The number of carbonyl (C=O) groups is 2. The lowest BCUT2D eigenvalue weighted by Crippen LogP contribution is -2.37. The Morgan fingerprint density at radius 1 is 1.07 bits per heavy atom. The molecule has 1 amide bonds. The second-order valence-corrected chi connectivity index (χ2v) is 7.96. The minimum absolute atomic E-state index is 0.0247. The van der Waals surface area contributed by atoms with Crippen LogP contribution in [0.15, 0.2) is 54.1 Å². The summed E-state index contributed by atoms with van der Waals surface area (Å²) in [4.78, 5) is 27.9. The Morgan fingerprint density at radius 2 is 1.73 bits per heavy atom. The number of ether oxygens (including phenoxy) is 1. The first-order chi connectivity index (χ1) is 14.5. The van der Waals surface area contributed by atoms with Crippen LogP contribution in [-0.4, -0.2) is 34.3 Å². The van der Waals surface area contributed by atoms with E-state index in [1.165, 1.54) is 0 Å². The summed E-state index contributed by atoms with van der Waals surface area (Å²) in [5.41, 5.74) is 2.55. The summed E-state index contributed by atoms with van der Waals surface area (Å²) in [6.45, 7) is 4.42. The van der Waals surface area contributed by atoms with Crippen LogP contribution in [0, 0.1) is 6.92 Å². The molecule has 2 aromatic carbocycles. The van der Waals surface area contributed by atoms with E-state index in [1.54, 1.807) is 29.2 Å². The van der Waals surface area contributed by atoms with Gasteiger partial charge in [0.15, 0.2) is 0 Å². The van der Waals surface area contributed by atoms with Gasteiger partial charge in [-0.3, -0.25) is 9.59 Å². The zero-order valence-corrected chi connectivity index (χ0v) is 17.4. The van der Waals surface area contributed by atoms with Crippen molar-refractivity contribution in [1.29, 1.82) is 0 Å². The molecule has 1 heterocycles. The van der Waals surface area contributed by atoms with Gasteiger partial charge in [-0.15, -0.1) is 0 Å². The van der Waals surface area contributed by atoms with Crippen LogP contribution in [0.25, 0.3) is 5.76 Å². The van der Waals surface area contributed by atoms with E-state index in [2.05, 4.69) is 0 Å². The van der Waals surface area contributed by atoms with Gasteiger partial charge in [-0.2, -0.15) is 0 Å². The molecule has 156 valence electrons. The van der Waals surface area contributed by atoms with Crippen molar-refractivity contribution in [3.63, 3.8) is 0 Å². The molecule has 2 aromatic rings. The molecule has 0 radical (unpaired) electrons. The lowest BCUT2D eigenvalue weighted by Gasteiger charge is -2.31. The number of amides is 1. The standard InChI is InChI=1S/C25H27NO4/c1-3-30-19-14-12-17(13-15-19)23(27)21-22(20-11-7-4-8-16(20)2)26(25(29)24(21)28)18-9-5-6-10-18/h4,7-8,11-15,18,22,27H,3,5-6,9-10H2,1-2H3/b23-21-. The first kappa shape index (κ1) is 20.2. The zero-order chi connectivity index (χ0) is 21.3. The molecule has 30 heavy (non-hydrogen) atoms. The SMILES string of the molecule is CCOc1ccc(/C(O)=C2/C(=O)C(=O)N(C3CCCC3)C2c2ccccc2C)cc1. The highest BCUT2D eigenvalue weighted by Crippen LogP contribution is 2.44. The van der Waals surface area contributed by atoms with Gasteiger partial charge in [-0.1, -0.05) is 37.1 Å². The van der Waals surface area contributed by atoms with Gasteiger partial charge in [0, 0.05) is 11.6 Å². The molecule has 1 aliphatic carbocycles. The summed E-state index contributed by atoms with van der Waals surface area (Å²) in [7, 11) is 0. The third-order valence-electron chi connectivity index (χ3n) is 6.12. The average molecular weight is 405 g/mol. The molecule has 2 aliphatic rings. The normalized spacial score (nSPS) is 21.4. The van der Waals surface area contributed by atoms with Gasteiger partial charge < -0.3 is 14.7 Å². The Morgan fingerprint density at radius 3 is 2.37 bits per heavy atom. The fourth-order valence-electron chi connectivity index (χ4n) is 4.64. The molecular weight excluding hydrogens is 378 g/mol. The van der Waals surface area contributed by atoms with Gasteiger partial charge in [0.05, 0.1) is 18.2 Å². The van der Waals surface area contributed by atoms with Gasteiger partial charge >= 0.3 is 0 Å². The molecule has 1 atom stereocenters. The highest BCUT2D eigenvalue weighted by molar-refractivity contribution is 6.46. The minimum Gasteiger partial charge on any atom is -0.507 e. The number of hydrogen-bond acceptors (Lipinski definition) is 4. The molecule has 1 saturated carbocycles. The molecule has 0 aromatic heterocycles. The van der Waals surface area contributed by atoms with Crippen LogP contribution in [0.5, 0.6) is 5.75 Å². The van der Waals surface area contributed by atoms with Gasteiger partial charge in [-0.25, -0.2) is 0 Å². The summed E-state index contributed by atoms with van der Waals surface area (Å²) < 4.78 is 5.47. The Labute approximate surface area is 177 Å². The smallest absolute Gasteiger partial charge is 0.295 e. The van der Waals surface area contributed by atoms with Gasteiger partial charge in [0.25, 0.3) is 11.7 Å². The van der Waals surface area contributed by atoms with Crippen LogP contribution in [0.3, 0.4) is 0 Å². The van der Waals surface area contributed by atoms with E-state index in [1.807, 2.05) is 38.1 Å². The maximum absolute atomic E-state index is 13.1. The predicted molar refractivity (Wildman–Crippen MR) is 115 cm³/mol. The van der Waals surface area contributed by atoms with Crippen LogP contribution < -0.4 is 4.74 Å². The lowest BCUT2D eigenvalue weighted by atomic mass is 9.92. The Kier molecular flexibility index (Phi) is 5.62. The number of aryl methyl sites for hydroxylation is 1. The van der Waals surface area contributed by atoms with E-state index in [0.717, 1.165) is 36.8 Å². The fraction of sp³-hybridized carbons (Fsp3) is 0.360. The Balaban J connectivity index is 1.85. The zero-order valence-electron chi connectivity index (χ0n) is 17.4. The summed E-state index contributed by atoms with van der Waals surface area (Å²) in [6, 6.07) is 14.2. The van der Waals surface area contributed by atoms with Crippen LogP contribution in [0.2, 0.25) is 0 Å². The number of carbonyl (C=O) groups excluding carboxylic acids is 2. The number of likely N-dealkylation sites (tertiary alicyclic amines) is 1. The van der Waals surface area contributed by atoms with Crippen molar-refractivity contribution in [2.45, 2.75) is 51.6 Å². The van der Waals surface area contributed by atoms with Crippen molar-refractivity contribution in [2.75, 3.05) is 6.61 Å². The van der Waals surface area contributed by atoms with Crippen molar-refractivity contribution in [1.82, 2.24) is 4.90 Å². The van der Waals surface area contributed by atoms with E-state index in [0.29, 0.717) is 17.9 Å². The van der Waals surface area contributed by atoms with E-state index < -0.39 is 17.7 Å². The number of Topliss-reactive ketones (excluding diaryl/α,β-unsaturated/α-hetero) is 1. The highest BCUT2D eigenvalue weighted by atomic mass is 16.5. The summed E-state index contributed by atoms with van der Waals surface area (Å²) in [5, 5.41) is 11.2. The van der Waals surface area contributed by atoms with Gasteiger partial charge in [0.2, 0.25) is 0 Å². The lowest BCUT2D eigenvalue weighted by molar-refractivity contribution is -0.141. The quantitative estimate of drug-likeness (QED) is 0.443. The van der Waals surface area contributed by atoms with E-state index in [-0.39, 0.29) is 17.4 Å². The number of aliphatic hydroxyl groups excluding tert-OH is 1. The molecule has 1 saturated heterocycles. The maximum atomic E-state index is 13.1. The number of rotatable bonds is 5. The molecular formula is C25H27NO4. The maximum Gasteiger partial charge on any atom is 0.295 e. The molecule has 5 nitrogen and oxygen atoms in total. The third kappa shape index (κ3) is 3.49. The monoisotopic (exact) mass is 405 g/mol. The number of nitrogens with zero attached hydrogens (tertiary/aromatic N) is 1. The Bertz CT molecular complexity index is 986. The van der Waals surface area contributed by atoms with Crippen molar-refractivity contribution < 1.29 is 19.4 Å². The minimum atomic E-state index is -0.610. The second-order valence-electron chi connectivity index (χ2n) is 7.96. The van der Waals surface area contributed by atoms with Gasteiger partial charge in [0.1, 0.15) is 11.5 Å². The molecule has 0 bridgehead atoms. The second kappa shape index (κ2) is 8.34. The summed E-state index contributed by atoms with van der Waals surface area (Å²) >= 11 is 0. The molecule has 2 fully saturated rings. The first-order valence-corrected chi connectivity index (χ1v) is 10.6. The van der Waals surface area contributed by atoms with E-state index in [9.17, 15) is 14.7 Å². The molecule has 4 rings (SSSR count). The summed E-state index contributed by atoms with van der Waals surface area (Å²) in [6.07, 6.45) is 3.87. The Hall–Kier alpha value is -3.08. The van der Waals surface area contributed by atoms with Crippen molar-refractivity contribution >= 4 is 17.4 Å². The van der Waals surface area contributed by atoms with Crippen LogP contribution in [-0.2, 0) is 9.59 Å².